The zero-order valence-corrected chi connectivity index (χ0v) is 14.1. The summed E-state index contributed by atoms with van der Waals surface area (Å²) in [5, 5.41) is 3.98. The van der Waals surface area contributed by atoms with Crippen LogP contribution in [0.15, 0.2) is 22.7 Å². The van der Waals surface area contributed by atoms with Crippen molar-refractivity contribution >= 4 is 33.3 Å². The lowest BCUT2D eigenvalue weighted by molar-refractivity contribution is 0.955. The van der Waals surface area contributed by atoms with Crippen molar-refractivity contribution in [2.24, 2.45) is 0 Å². The van der Waals surface area contributed by atoms with Crippen LogP contribution in [-0.4, -0.2) is 16.5 Å². The fourth-order valence-electron chi connectivity index (χ4n) is 1.84. The number of nitrogens with one attached hydrogen (secondary N) is 1. The molecule has 2 rings (SSSR count). The summed E-state index contributed by atoms with van der Waals surface area (Å²) in [5.41, 5.74) is 2.89. The van der Waals surface area contributed by atoms with E-state index in [2.05, 4.69) is 38.1 Å². The van der Waals surface area contributed by atoms with E-state index in [9.17, 15) is 0 Å². The quantitative estimate of drug-likeness (QED) is 0.839. The van der Waals surface area contributed by atoms with Gasteiger partial charge >= 0.3 is 0 Å². The highest BCUT2D eigenvalue weighted by molar-refractivity contribution is 9.10. The van der Waals surface area contributed by atoms with Crippen molar-refractivity contribution in [2.75, 3.05) is 11.9 Å². The van der Waals surface area contributed by atoms with Crippen molar-refractivity contribution in [1.82, 2.24) is 9.97 Å². The first kappa shape index (κ1) is 15.3. The second-order valence-electron chi connectivity index (χ2n) is 4.66. The van der Waals surface area contributed by atoms with Gasteiger partial charge in [-0.1, -0.05) is 34.5 Å². The number of benzene rings is 1. The number of hydrogen-bond donors (Lipinski definition) is 1. The maximum Gasteiger partial charge on any atom is 0.163 e. The Morgan fingerprint density at radius 2 is 2.00 bits per heavy atom. The molecule has 1 heterocycles. The Hall–Kier alpha value is -1.13. The Bertz CT molecular complexity index is 629. The highest BCUT2D eigenvalue weighted by atomic mass is 79.9. The van der Waals surface area contributed by atoms with E-state index in [0.717, 1.165) is 40.1 Å². The summed E-state index contributed by atoms with van der Waals surface area (Å²) in [5.74, 6) is 1.54. The van der Waals surface area contributed by atoms with Gasteiger partial charge in [0.25, 0.3) is 0 Å². The number of anilines is 1. The van der Waals surface area contributed by atoms with E-state index in [4.69, 9.17) is 11.6 Å². The SMILES string of the molecule is CCCNc1nc(-c2ccc(Br)cc2Cl)nc(C)c1C. The molecule has 0 amide bonds. The standard InChI is InChI=1S/C15H17BrClN3/c1-4-7-18-14-9(2)10(3)19-15(20-14)12-6-5-11(16)8-13(12)17/h5-6,8H,4,7H2,1-3H3,(H,18,19,20). The molecule has 3 nitrogen and oxygen atoms in total. The van der Waals surface area contributed by atoms with Gasteiger partial charge in [-0.05, 0) is 38.5 Å². The molecule has 2 aromatic rings. The van der Waals surface area contributed by atoms with Crippen LogP contribution in [0.25, 0.3) is 11.4 Å². The van der Waals surface area contributed by atoms with E-state index >= 15 is 0 Å². The first-order valence-corrected chi connectivity index (χ1v) is 7.74. The third-order valence-electron chi connectivity index (χ3n) is 3.10. The second-order valence-corrected chi connectivity index (χ2v) is 5.98. The molecule has 0 saturated heterocycles. The highest BCUT2D eigenvalue weighted by Crippen LogP contribution is 2.30. The molecule has 0 fully saturated rings. The molecule has 0 aliphatic rings. The normalized spacial score (nSPS) is 10.7. The minimum absolute atomic E-state index is 0.643. The zero-order chi connectivity index (χ0) is 14.7. The van der Waals surface area contributed by atoms with Gasteiger partial charge in [0.2, 0.25) is 0 Å². The van der Waals surface area contributed by atoms with Crippen LogP contribution in [0.5, 0.6) is 0 Å². The summed E-state index contributed by atoms with van der Waals surface area (Å²) in [6.07, 6.45) is 1.05. The molecule has 1 aromatic heterocycles. The summed E-state index contributed by atoms with van der Waals surface area (Å²) in [4.78, 5) is 9.16. The van der Waals surface area contributed by atoms with Crippen LogP contribution in [0, 0.1) is 13.8 Å². The Balaban J connectivity index is 2.48. The number of nitrogens with zero attached hydrogens (tertiary/aromatic N) is 2. The lowest BCUT2D eigenvalue weighted by Gasteiger charge is -2.12. The number of halogens is 2. The van der Waals surface area contributed by atoms with Gasteiger partial charge in [-0.25, -0.2) is 9.97 Å². The monoisotopic (exact) mass is 353 g/mol. The van der Waals surface area contributed by atoms with E-state index < -0.39 is 0 Å². The molecule has 106 valence electrons. The Labute approximate surface area is 132 Å². The third-order valence-corrected chi connectivity index (χ3v) is 3.91. The number of rotatable bonds is 4. The average molecular weight is 355 g/mol. The predicted molar refractivity (Wildman–Crippen MR) is 88.4 cm³/mol. The first-order valence-electron chi connectivity index (χ1n) is 6.57. The molecule has 0 atom stereocenters. The molecule has 5 heteroatoms. The van der Waals surface area contributed by atoms with Gasteiger partial charge in [0.15, 0.2) is 5.82 Å². The molecule has 0 unspecified atom stereocenters. The molecule has 1 N–H and O–H groups in total. The molecular formula is C15H17BrClN3. The molecule has 20 heavy (non-hydrogen) atoms. The van der Waals surface area contributed by atoms with Crippen molar-refractivity contribution in [2.45, 2.75) is 27.2 Å². The van der Waals surface area contributed by atoms with Gasteiger partial charge in [0.05, 0.1) is 5.02 Å². The molecule has 0 saturated carbocycles. The van der Waals surface area contributed by atoms with Crippen LogP contribution in [0.2, 0.25) is 5.02 Å². The lowest BCUT2D eigenvalue weighted by Crippen LogP contribution is -2.07. The molecule has 1 aromatic carbocycles. The van der Waals surface area contributed by atoms with E-state index in [1.165, 1.54) is 0 Å². The Morgan fingerprint density at radius 3 is 2.65 bits per heavy atom. The first-order chi connectivity index (χ1) is 9.52. The predicted octanol–water partition coefficient (Wildman–Crippen LogP) is 5.00. The van der Waals surface area contributed by atoms with Gasteiger partial charge in [0, 0.05) is 27.8 Å². The minimum Gasteiger partial charge on any atom is -0.370 e. The number of aryl methyl sites for hydroxylation is 1. The second kappa shape index (κ2) is 6.55. The highest BCUT2D eigenvalue weighted by Gasteiger charge is 2.12. The lowest BCUT2D eigenvalue weighted by atomic mass is 10.2. The summed E-state index contributed by atoms with van der Waals surface area (Å²) < 4.78 is 0.944. The van der Waals surface area contributed by atoms with E-state index in [1.54, 1.807) is 0 Å². The van der Waals surface area contributed by atoms with Crippen LogP contribution < -0.4 is 5.32 Å². The van der Waals surface area contributed by atoms with E-state index in [-0.39, 0.29) is 0 Å². The molecule has 0 bridgehead atoms. The van der Waals surface area contributed by atoms with Crippen LogP contribution in [0.4, 0.5) is 5.82 Å². The van der Waals surface area contributed by atoms with Crippen LogP contribution >= 0.6 is 27.5 Å². The van der Waals surface area contributed by atoms with Crippen LogP contribution in [0.3, 0.4) is 0 Å². The zero-order valence-electron chi connectivity index (χ0n) is 11.8. The molecule has 0 radical (unpaired) electrons. The van der Waals surface area contributed by atoms with E-state index in [1.807, 2.05) is 32.0 Å². The van der Waals surface area contributed by atoms with Crippen molar-refractivity contribution in [3.8, 4) is 11.4 Å². The van der Waals surface area contributed by atoms with Crippen LogP contribution in [-0.2, 0) is 0 Å². The third kappa shape index (κ3) is 3.30. The smallest absolute Gasteiger partial charge is 0.163 e. The van der Waals surface area contributed by atoms with Crippen molar-refractivity contribution in [1.29, 1.82) is 0 Å². The largest absolute Gasteiger partial charge is 0.370 e. The van der Waals surface area contributed by atoms with Crippen molar-refractivity contribution < 1.29 is 0 Å². The topological polar surface area (TPSA) is 37.8 Å². The molecule has 0 spiro atoms. The number of aromatic nitrogens is 2. The van der Waals surface area contributed by atoms with Gasteiger partial charge in [-0.15, -0.1) is 0 Å². The van der Waals surface area contributed by atoms with Gasteiger partial charge in [-0.2, -0.15) is 0 Å². The van der Waals surface area contributed by atoms with Crippen LogP contribution in [0.1, 0.15) is 24.6 Å². The van der Waals surface area contributed by atoms with Crippen molar-refractivity contribution in [3.05, 3.63) is 39.0 Å². The molecule has 0 aliphatic heterocycles. The minimum atomic E-state index is 0.643. The Kier molecular flexibility index (Phi) is 5.00. The summed E-state index contributed by atoms with van der Waals surface area (Å²) in [6, 6.07) is 5.73. The summed E-state index contributed by atoms with van der Waals surface area (Å²) in [6.45, 7) is 7.04. The summed E-state index contributed by atoms with van der Waals surface area (Å²) in [7, 11) is 0. The maximum atomic E-state index is 6.28. The van der Waals surface area contributed by atoms with Gasteiger partial charge < -0.3 is 5.32 Å². The maximum absolute atomic E-state index is 6.28. The molecule has 0 aliphatic carbocycles. The van der Waals surface area contributed by atoms with E-state index in [0.29, 0.717) is 10.8 Å². The van der Waals surface area contributed by atoms with Gasteiger partial charge in [-0.3, -0.25) is 0 Å². The molecular weight excluding hydrogens is 338 g/mol. The average Bonchev–Trinajstić information content (AvgIpc) is 2.40. The van der Waals surface area contributed by atoms with Gasteiger partial charge in [0.1, 0.15) is 5.82 Å². The Morgan fingerprint density at radius 1 is 1.25 bits per heavy atom. The number of hydrogen-bond acceptors (Lipinski definition) is 3. The van der Waals surface area contributed by atoms with Crippen molar-refractivity contribution in [3.63, 3.8) is 0 Å². The fraction of sp³-hybridized carbons (Fsp3) is 0.333. The fourth-order valence-corrected chi connectivity index (χ4v) is 2.59. The summed E-state index contributed by atoms with van der Waals surface area (Å²) >= 11 is 9.69.